The zero-order valence-corrected chi connectivity index (χ0v) is 13.8. The Balaban J connectivity index is 2.10. The number of methoxy groups -OCH3 is 1. The number of hydrogen-bond acceptors (Lipinski definition) is 4. The minimum atomic E-state index is 0.660. The molecular formula is C15H15BrN2OS. The van der Waals surface area contributed by atoms with E-state index in [1.54, 1.807) is 24.5 Å². The molecule has 104 valence electrons. The summed E-state index contributed by atoms with van der Waals surface area (Å²) in [6, 6.07) is 9.81. The molecule has 20 heavy (non-hydrogen) atoms. The summed E-state index contributed by atoms with van der Waals surface area (Å²) in [6.45, 7) is 1.62. The molecule has 0 saturated carbocycles. The van der Waals surface area contributed by atoms with E-state index < -0.39 is 0 Å². The quantitative estimate of drug-likeness (QED) is 0.816. The summed E-state index contributed by atoms with van der Waals surface area (Å²) in [5.41, 5.74) is 1.69. The average molecular weight is 351 g/mol. The minimum absolute atomic E-state index is 0.660. The fourth-order valence-corrected chi connectivity index (χ4v) is 3.55. The lowest BCUT2D eigenvalue weighted by molar-refractivity contribution is 0.312. The molecule has 0 N–H and O–H groups in total. The van der Waals surface area contributed by atoms with Gasteiger partial charge in [-0.2, -0.15) is 5.26 Å². The van der Waals surface area contributed by atoms with Crippen molar-refractivity contribution in [1.82, 2.24) is 4.90 Å². The standard InChI is InChI=1S/C15H15BrN2OS/c1-18(9-14-6-13(16)10-20-14)8-12-5-11(7-17)3-4-15(12)19-2/h3-6,10H,8-9H2,1-2H3. The van der Waals surface area contributed by atoms with Gasteiger partial charge in [0.05, 0.1) is 18.7 Å². The molecule has 0 aliphatic heterocycles. The normalized spacial score (nSPS) is 10.6. The minimum Gasteiger partial charge on any atom is -0.496 e. The maximum absolute atomic E-state index is 8.99. The largest absolute Gasteiger partial charge is 0.496 e. The lowest BCUT2D eigenvalue weighted by Crippen LogP contribution is -2.17. The topological polar surface area (TPSA) is 36.3 Å². The van der Waals surface area contributed by atoms with Gasteiger partial charge in [0.2, 0.25) is 0 Å². The lowest BCUT2D eigenvalue weighted by Gasteiger charge is -2.17. The number of nitrogens with zero attached hydrogens (tertiary/aromatic N) is 2. The molecule has 1 aromatic carbocycles. The highest BCUT2D eigenvalue weighted by Crippen LogP contribution is 2.24. The Labute approximate surface area is 131 Å². The van der Waals surface area contributed by atoms with E-state index in [0.29, 0.717) is 5.56 Å². The first-order valence-electron chi connectivity index (χ1n) is 6.11. The molecular weight excluding hydrogens is 336 g/mol. The van der Waals surface area contributed by atoms with Crippen LogP contribution in [0.5, 0.6) is 5.75 Å². The van der Waals surface area contributed by atoms with Crippen molar-refractivity contribution in [3.63, 3.8) is 0 Å². The van der Waals surface area contributed by atoms with Gasteiger partial charge in [0.15, 0.2) is 0 Å². The van der Waals surface area contributed by atoms with Crippen molar-refractivity contribution in [2.75, 3.05) is 14.2 Å². The monoisotopic (exact) mass is 350 g/mol. The van der Waals surface area contributed by atoms with Crippen molar-refractivity contribution in [3.05, 3.63) is 50.1 Å². The highest BCUT2D eigenvalue weighted by Gasteiger charge is 2.09. The molecule has 2 aromatic rings. The summed E-state index contributed by atoms with van der Waals surface area (Å²) in [4.78, 5) is 3.51. The van der Waals surface area contributed by atoms with Crippen LogP contribution in [0.3, 0.4) is 0 Å². The van der Waals surface area contributed by atoms with Gasteiger partial charge >= 0.3 is 0 Å². The highest BCUT2D eigenvalue weighted by atomic mass is 79.9. The Bertz CT molecular complexity index is 633. The zero-order chi connectivity index (χ0) is 14.5. The van der Waals surface area contributed by atoms with Crippen molar-refractivity contribution < 1.29 is 4.74 Å². The van der Waals surface area contributed by atoms with Crippen LogP contribution in [0.2, 0.25) is 0 Å². The molecule has 0 aliphatic carbocycles. The molecule has 1 heterocycles. The van der Waals surface area contributed by atoms with Crippen LogP contribution in [0.4, 0.5) is 0 Å². The third kappa shape index (κ3) is 3.83. The molecule has 5 heteroatoms. The molecule has 0 amide bonds. The van der Waals surface area contributed by atoms with Crippen LogP contribution in [-0.2, 0) is 13.1 Å². The third-order valence-corrected chi connectivity index (χ3v) is 4.58. The molecule has 0 saturated heterocycles. The SMILES string of the molecule is COc1ccc(C#N)cc1CN(C)Cc1cc(Br)cs1. The first-order chi connectivity index (χ1) is 9.62. The van der Waals surface area contributed by atoms with Gasteiger partial charge in [0.1, 0.15) is 5.75 Å². The lowest BCUT2D eigenvalue weighted by atomic mass is 10.1. The summed E-state index contributed by atoms with van der Waals surface area (Å²) >= 11 is 5.20. The number of rotatable bonds is 5. The summed E-state index contributed by atoms with van der Waals surface area (Å²) in [6.07, 6.45) is 0. The van der Waals surface area contributed by atoms with Crippen LogP contribution >= 0.6 is 27.3 Å². The maximum atomic E-state index is 8.99. The first-order valence-corrected chi connectivity index (χ1v) is 7.78. The zero-order valence-electron chi connectivity index (χ0n) is 11.4. The summed E-state index contributed by atoms with van der Waals surface area (Å²) in [5.74, 6) is 0.822. The van der Waals surface area contributed by atoms with Gasteiger partial charge in [-0.25, -0.2) is 0 Å². The first kappa shape index (κ1) is 15.0. The van der Waals surface area contributed by atoms with E-state index in [4.69, 9.17) is 10.00 Å². The number of thiophene rings is 1. The van der Waals surface area contributed by atoms with Crippen molar-refractivity contribution in [3.8, 4) is 11.8 Å². The Morgan fingerprint density at radius 3 is 2.75 bits per heavy atom. The van der Waals surface area contributed by atoms with Gasteiger partial charge in [-0.1, -0.05) is 0 Å². The van der Waals surface area contributed by atoms with E-state index >= 15 is 0 Å². The number of nitriles is 1. The highest BCUT2D eigenvalue weighted by molar-refractivity contribution is 9.10. The molecule has 3 nitrogen and oxygen atoms in total. The summed E-state index contributed by atoms with van der Waals surface area (Å²) < 4.78 is 6.48. The average Bonchev–Trinajstić information content (AvgIpc) is 2.83. The van der Waals surface area contributed by atoms with Gasteiger partial charge in [-0.15, -0.1) is 11.3 Å². The van der Waals surface area contributed by atoms with E-state index in [1.807, 2.05) is 12.1 Å². The van der Waals surface area contributed by atoms with Crippen LogP contribution in [0.1, 0.15) is 16.0 Å². The number of ether oxygens (including phenoxy) is 1. The van der Waals surface area contributed by atoms with Gasteiger partial charge < -0.3 is 4.74 Å². The predicted octanol–water partition coefficient (Wildman–Crippen LogP) is 4.02. The second-order valence-corrected chi connectivity index (χ2v) is 6.45. The second-order valence-electron chi connectivity index (χ2n) is 4.54. The number of benzene rings is 1. The maximum Gasteiger partial charge on any atom is 0.123 e. The van der Waals surface area contributed by atoms with Gasteiger partial charge in [0.25, 0.3) is 0 Å². The molecule has 0 aliphatic rings. The molecule has 0 fully saturated rings. The van der Waals surface area contributed by atoms with Crippen LogP contribution in [-0.4, -0.2) is 19.1 Å². The summed E-state index contributed by atoms with van der Waals surface area (Å²) in [5, 5.41) is 11.1. The van der Waals surface area contributed by atoms with Crippen molar-refractivity contribution in [2.45, 2.75) is 13.1 Å². The van der Waals surface area contributed by atoms with Crippen molar-refractivity contribution in [1.29, 1.82) is 5.26 Å². The predicted molar refractivity (Wildman–Crippen MR) is 84.9 cm³/mol. The van der Waals surface area contributed by atoms with E-state index in [-0.39, 0.29) is 0 Å². The Morgan fingerprint density at radius 2 is 2.15 bits per heavy atom. The Kier molecular flexibility index (Phi) is 5.18. The number of hydrogen-bond donors (Lipinski definition) is 0. The molecule has 0 unspecified atom stereocenters. The molecule has 2 rings (SSSR count). The second kappa shape index (κ2) is 6.89. The Hall–Kier alpha value is -1.35. The van der Waals surface area contributed by atoms with Gasteiger partial charge in [-0.05, 0) is 47.2 Å². The molecule has 0 bridgehead atoms. The molecule has 0 atom stereocenters. The van der Waals surface area contributed by atoms with E-state index in [2.05, 4.69) is 45.4 Å². The smallest absolute Gasteiger partial charge is 0.123 e. The summed E-state index contributed by atoms with van der Waals surface area (Å²) in [7, 11) is 3.72. The van der Waals surface area contributed by atoms with E-state index in [1.165, 1.54) is 4.88 Å². The third-order valence-electron chi connectivity index (χ3n) is 2.90. The van der Waals surface area contributed by atoms with E-state index in [0.717, 1.165) is 28.9 Å². The van der Waals surface area contributed by atoms with Crippen LogP contribution in [0.25, 0.3) is 0 Å². The molecule has 0 spiro atoms. The fraction of sp³-hybridized carbons (Fsp3) is 0.267. The van der Waals surface area contributed by atoms with Gasteiger partial charge in [-0.3, -0.25) is 4.90 Å². The molecule has 1 aromatic heterocycles. The van der Waals surface area contributed by atoms with Crippen LogP contribution < -0.4 is 4.74 Å². The van der Waals surface area contributed by atoms with E-state index in [9.17, 15) is 0 Å². The fourth-order valence-electron chi connectivity index (χ4n) is 2.02. The number of halogens is 1. The van der Waals surface area contributed by atoms with Crippen LogP contribution in [0, 0.1) is 11.3 Å². The Morgan fingerprint density at radius 1 is 1.35 bits per heavy atom. The van der Waals surface area contributed by atoms with Crippen molar-refractivity contribution >= 4 is 27.3 Å². The van der Waals surface area contributed by atoms with Crippen molar-refractivity contribution in [2.24, 2.45) is 0 Å². The molecule has 0 radical (unpaired) electrons. The van der Waals surface area contributed by atoms with Crippen LogP contribution in [0.15, 0.2) is 34.1 Å². The van der Waals surface area contributed by atoms with Gasteiger partial charge in [0, 0.05) is 33.4 Å².